The summed E-state index contributed by atoms with van der Waals surface area (Å²) in [6, 6.07) is 18.1. The number of halogens is 1. The SMILES string of the molecule is CC(c1cc2ccccc2o1)N(C)C(=O)C1CC1c1cccc(Br)c1. The van der Waals surface area contributed by atoms with Crippen molar-refractivity contribution in [2.45, 2.75) is 25.3 Å². The van der Waals surface area contributed by atoms with Gasteiger partial charge in [0.2, 0.25) is 5.91 Å². The van der Waals surface area contributed by atoms with Crippen molar-refractivity contribution >= 4 is 32.8 Å². The van der Waals surface area contributed by atoms with E-state index in [1.807, 2.05) is 61.3 Å². The Bertz CT molecular complexity index is 899. The highest BCUT2D eigenvalue weighted by atomic mass is 79.9. The van der Waals surface area contributed by atoms with Crippen molar-refractivity contribution in [2.24, 2.45) is 5.92 Å². The normalized spacial score (nSPS) is 20.4. The van der Waals surface area contributed by atoms with Gasteiger partial charge < -0.3 is 9.32 Å². The second-order valence-electron chi connectivity index (χ2n) is 6.82. The smallest absolute Gasteiger partial charge is 0.226 e. The van der Waals surface area contributed by atoms with Gasteiger partial charge >= 0.3 is 0 Å². The summed E-state index contributed by atoms with van der Waals surface area (Å²) in [5, 5.41) is 1.07. The Morgan fingerprint density at radius 3 is 2.76 bits per heavy atom. The van der Waals surface area contributed by atoms with Crippen molar-refractivity contribution in [3.8, 4) is 0 Å². The fraction of sp³-hybridized carbons (Fsp3) is 0.286. The topological polar surface area (TPSA) is 33.5 Å². The van der Waals surface area contributed by atoms with Crippen LogP contribution in [0.1, 0.15) is 36.6 Å². The van der Waals surface area contributed by atoms with Crippen LogP contribution in [-0.4, -0.2) is 17.9 Å². The van der Waals surface area contributed by atoms with E-state index in [1.54, 1.807) is 0 Å². The van der Waals surface area contributed by atoms with Crippen molar-refractivity contribution in [3.05, 3.63) is 70.4 Å². The lowest BCUT2D eigenvalue weighted by Gasteiger charge is -2.23. The number of carbonyl (C=O) groups is 1. The van der Waals surface area contributed by atoms with Crippen LogP contribution in [0, 0.1) is 5.92 Å². The van der Waals surface area contributed by atoms with Gasteiger partial charge in [-0.25, -0.2) is 0 Å². The third kappa shape index (κ3) is 3.11. The lowest BCUT2D eigenvalue weighted by molar-refractivity contribution is -0.133. The van der Waals surface area contributed by atoms with E-state index in [0.29, 0.717) is 5.92 Å². The van der Waals surface area contributed by atoms with Gasteiger partial charge in [0.1, 0.15) is 11.3 Å². The van der Waals surface area contributed by atoms with E-state index < -0.39 is 0 Å². The molecule has 1 aliphatic carbocycles. The first-order valence-corrected chi connectivity index (χ1v) is 9.34. The standard InChI is InChI=1S/C21H20BrNO2/c1-13(20-11-15-6-3-4-9-19(15)25-20)23(2)21(24)18-12-17(18)14-7-5-8-16(22)10-14/h3-11,13,17-18H,12H2,1-2H3. The zero-order valence-electron chi connectivity index (χ0n) is 14.3. The zero-order valence-corrected chi connectivity index (χ0v) is 15.9. The largest absolute Gasteiger partial charge is 0.459 e. The van der Waals surface area contributed by atoms with Gasteiger partial charge in [0, 0.05) is 22.8 Å². The number of para-hydroxylation sites is 1. The molecule has 1 amide bonds. The van der Waals surface area contributed by atoms with Gasteiger partial charge in [-0.3, -0.25) is 4.79 Å². The predicted molar refractivity (Wildman–Crippen MR) is 102 cm³/mol. The van der Waals surface area contributed by atoms with Crippen LogP contribution in [0.2, 0.25) is 0 Å². The molecule has 4 heteroatoms. The van der Waals surface area contributed by atoms with Crippen LogP contribution in [0.3, 0.4) is 0 Å². The van der Waals surface area contributed by atoms with Crippen molar-refractivity contribution in [3.63, 3.8) is 0 Å². The molecule has 1 saturated carbocycles. The maximum Gasteiger partial charge on any atom is 0.226 e. The van der Waals surface area contributed by atoms with Crippen LogP contribution in [0.25, 0.3) is 11.0 Å². The van der Waals surface area contributed by atoms with Gasteiger partial charge in [-0.05, 0) is 49.1 Å². The Kier molecular flexibility index (Phi) is 4.16. The maximum absolute atomic E-state index is 12.9. The first-order valence-electron chi connectivity index (χ1n) is 8.55. The lowest BCUT2D eigenvalue weighted by atomic mass is 10.1. The highest BCUT2D eigenvalue weighted by molar-refractivity contribution is 9.10. The predicted octanol–water partition coefficient (Wildman–Crippen LogP) is 5.52. The molecule has 0 radical (unpaired) electrons. The number of hydrogen-bond donors (Lipinski definition) is 0. The Balaban J connectivity index is 1.49. The highest BCUT2D eigenvalue weighted by Gasteiger charge is 2.46. The van der Waals surface area contributed by atoms with Crippen molar-refractivity contribution < 1.29 is 9.21 Å². The Morgan fingerprint density at radius 1 is 1.20 bits per heavy atom. The van der Waals surface area contributed by atoms with E-state index in [9.17, 15) is 4.79 Å². The minimum Gasteiger partial charge on any atom is -0.459 e. The van der Waals surface area contributed by atoms with Crippen molar-refractivity contribution in [2.75, 3.05) is 7.05 Å². The summed E-state index contributed by atoms with van der Waals surface area (Å²) in [6.45, 7) is 2.02. The van der Waals surface area contributed by atoms with Gasteiger partial charge in [0.25, 0.3) is 0 Å². The van der Waals surface area contributed by atoms with Crippen LogP contribution in [0.15, 0.2) is 63.5 Å². The lowest BCUT2D eigenvalue weighted by Crippen LogP contribution is -2.31. The number of hydrogen-bond acceptors (Lipinski definition) is 2. The van der Waals surface area contributed by atoms with Gasteiger partial charge in [0.05, 0.1) is 6.04 Å². The number of furan rings is 1. The Labute approximate surface area is 155 Å². The van der Waals surface area contributed by atoms with Gasteiger partial charge in [-0.2, -0.15) is 0 Å². The zero-order chi connectivity index (χ0) is 17.6. The third-order valence-electron chi connectivity index (χ3n) is 5.17. The third-order valence-corrected chi connectivity index (χ3v) is 5.66. The minimum absolute atomic E-state index is 0.0751. The molecular formula is C21H20BrNO2. The van der Waals surface area contributed by atoms with E-state index >= 15 is 0 Å². The number of carbonyl (C=O) groups excluding carboxylic acids is 1. The summed E-state index contributed by atoms with van der Waals surface area (Å²) in [5.41, 5.74) is 2.10. The van der Waals surface area contributed by atoms with E-state index in [1.165, 1.54) is 5.56 Å². The average molecular weight is 398 g/mol. The molecule has 3 atom stereocenters. The number of rotatable bonds is 4. The molecule has 3 aromatic rings. The van der Waals surface area contributed by atoms with Crippen LogP contribution in [-0.2, 0) is 4.79 Å². The molecule has 0 bridgehead atoms. The first kappa shape index (κ1) is 16.4. The molecule has 1 aliphatic rings. The summed E-state index contributed by atoms with van der Waals surface area (Å²) in [7, 11) is 1.87. The van der Waals surface area contributed by atoms with Crippen molar-refractivity contribution in [1.82, 2.24) is 4.90 Å². The number of fused-ring (bicyclic) bond motifs is 1. The molecule has 0 N–H and O–H groups in total. The summed E-state index contributed by atoms with van der Waals surface area (Å²) in [6.07, 6.45) is 0.923. The molecular weight excluding hydrogens is 378 g/mol. The maximum atomic E-state index is 12.9. The van der Waals surface area contributed by atoms with Crippen LogP contribution < -0.4 is 0 Å². The summed E-state index contributed by atoms with van der Waals surface area (Å²) in [4.78, 5) is 14.7. The average Bonchev–Trinajstić information content (AvgIpc) is 3.30. The van der Waals surface area contributed by atoms with E-state index in [-0.39, 0.29) is 17.9 Å². The Morgan fingerprint density at radius 2 is 2.00 bits per heavy atom. The van der Waals surface area contributed by atoms with E-state index in [4.69, 9.17) is 4.42 Å². The van der Waals surface area contributed by atoms with Crippen LogP contribution in [0.5, 0.6) is 0 Å². The molecule has 128 valence electrons. The van der Waals surface area contributed by atoms with Gasteiger partial charge in [-0.15, -0.1) is 0 Å². The van der Waals surface area contributed by atoms with Gasteiger partial charge in [0.15, 0.2) is 0 Å². The van der Waals surface area contributed by atoms with Gasteiger partial charge in [-0.1, -0.05) is 46.3 Å². The number of benzene rings is 2. The monoisotopic (exact) mass is 397 g/mol. The first-order chi connectivity index (χ1) is 12.0. The van der Waals surface area contributed by atoms with E-state index in [0.717, 1.165) is 27.6 Å². The summed E-state index contributed by atoms with van der Waals surface area (Å²) in [5.74, 6) is 1.43. The molecule has 1 heterocycles. The highest BCUT2D eigenvalue weighted by Crippen LogP contribution is 2.49. The second-order valence-corrected chi connectivity index (χ2v) is 7.73. The molecule has 1 aromatic heterocycles. The fourth-order valence-corrected chi connectivity index (χ4v) is 3.84. The molecule has 2 aromatic carbocycles. The summed E-state index contributed by atoms with van der Waals surface area (Å²) >= 11 is 3.51. The fourth-order valence-electron chi connectivity index (χ4n) is 3.43. The van der Waals surface area contributed by atoms with E-state index in [2.05, 4.69) is 28.1 Å². The molecule has 4 rings (SSSR count). The minimum atomic E-state index is -0.0799. The van der Waals surface area contributed by atoms with Crippen molar-refractivity contribution in [1.29, 1.82) is 0 Å². The van der Waals surface area contributed by atoms with Crippen LogP contribution >= 0.6 is 15.9 Å². The molecule has 0 saturated heterocycles. The van der Waals surface area contributed by atoms with Crippen LogP contribution in [0.4, 0.5) is 0 Å². The molecule has 1 fully saturated rings. The number of amides is 1. The molecule has 3 unspecified atom stereocenters. The Hall–Kier alpha value is -2.07. The molecule has 3 nitrogen and oxygen atoms in total. The molecule has 0 spiro atoms. The quantitative estimate of drug-likeness (QED) is 0.580. The second kappa shape index (κ2) is 6.34. The molecule has 25 heavy (non-hydrogen) atoms. The number of nitrogens with zero attached hydrogens (tertiary/aromatic N) is 1. The molecule has 0 aliphatic heterocycles. The summed E-state index contributed by atoms with van der Waals surface area (Å²) < 4.78 is 6.99.